The van der Waals surface area contributed by atoms with E-state index in [4.69, 9.17) is 4.74 Å². The number of ether oxygens (including phenoxy) is 1. The molecule has 1 aromatic heterocycles. The molecule has 1 saturated heterocycles. The fourth-order valence-electron chi connectivity index (χ4n) is 1.94. The third-order valence-electron chi connectivity index (χ3n) is 2.88. The Bertz CT molecular complexity index is 470. The van der Waals surface area contributed by atoms with E-state index in [1.165, 1.54) is 17.8 Å². The molecule has 110 valence electrons. The maximum atomic E-state index is 12.0. The molecule has 2 heterocycles. The van der Waals surface area contributed by atoms with Crippen molar-refractivity contribution in [2.24, 2.45) is 0 Å². The van der Waals surface area contributed by atoms with Gasteiger partial charge in [0, 0.05) is 5.38 Å². The zero-order valence-corrected chi connectivity index (χ0v) is 13.0. The van der Waals surface area contributed by atoms with Crippen molar-refractivity contribution in [2.75, 3.05) is 17.7 Å². The normalized spacial score (nSPS) is 18.6. The van der Waals surface area contributed by atoms with Crippen LogP contribution >= 0.6 is 23.1 Å². The van der Waals surface area contributed by atoms with Crippen LogP contribution in [0.15, 0.2) is 5.38 Å². The van der Waals surface area contributed by atoms with Crippen LogP contribution in [-0.2, 0) is 20.7 Å². The number of nitrogens with zero attached hydrogens (tertiary/aromatic N) is 1. The van der Waals surface area contributed by atoms with Crippen molar-refractivity contribution in [1.82, 2.24) is 4.98 Å². The fraction of sp³-hybridized carbons (Fsp3) is 0.615. The predicted octanol–water partition coefficient (Wildman–Crippen LogP) is 2.47. The minimum atomic E-state index is -0.293. The number of rotatable bonds is 5. The summed E-state index contributed by atoms with van der Waals surface area (Å²) in [5, 5.41) is 5.20. The molecule has 5 nitrogen and oxygen atoms in total. The number of hydrogen-bond acceptors (Lipinski definition) is 6. The van der Waals surface area contributed by atoms with E-state index in [1.807, 2.05) is 0 Å². The Balaban J connectivity index is 1.85. The van der Waals surface area contributed by atoms with Crippen LogP contribution in [0, 0.1) is 0 Å². The molecule has 0 spiro atoms. The van der Waals surface area contributed by atoms with Gasteiger partial charge in [-0.25, -0.2) is 4.98 Å². The van der Waals surface area contributed by atoms with Gasteiger partial charge < -0.3 is 10.1 Å². The fourth-order valence-corrected chi connectivity index (χ4v) is 3.85. The Labute approximate surface area is 126 Å². The van der Waals surface area contributed by atoms with Gasteiger partial charge in [0.15, 0.2) is 5.13 Å². The van der Waals surface area contributed by atoms with Crippen LogP contribution in [0.25, 0.3) is 0 Å². The highest BCUT2D eigenvalue weighted by molar-refractivity contribution is 8.00. The van der Waals surface area contributed by atoms with Gasteiger partial charge in [0.2, 0.25) is 5.91 Å². The zero-order chi connectivity index (χ0) is 14.4. The Morgan fingerprint density at radius 3 is 3.05 bits per heavy atom. The Hall–Kier alpha value is -1.08. The first-order valence-electron chi connectivity index (χ1n) is 6.71. The molecule has 20 heavy (non-hydrogen) atoms. The molecule has 1 amide bonds. The molecule has 1 aliphatic rings. The van der Waals surface area contributed by atoms with E-state index in [9.17, 15) is 9.59 Å². The van der Waals surface area contributed by atoms with E-state index in [0.717, 1.165) is 18.6 Å². The number of anilines is 1. The SMILES string of the molecule is CCOC(=O)Cc1csc(NC(=O)C2CCCCS2)n1. The van der Waals surface area contributed by atoms with E-state index in [0.29, 0.717) is 17.4 Å². The van der Waals surface area contributed by atoms with Crippen LogP contribution in [0.4, 0.5) is 5.13 Å². The van der Waals surface area contributed by atoms with Crippen molar-refractivity contribution in [3.05, 3.63) is 11.1 Å². The lowest BCUT2D eigenvalue weighted by atomic mass is 10.2. The smallest absolute Gasteiger partial charge is 0.311 e. The molecule has 1 N–H and O–H groups in total. The van der Waals surface area contributed by atoms with Crippen LogP contribution in [-0.4, -0.2) is 34.5 Å². The van der Waals surface area contributed by atoms with Gasteiger partial charge in [-0.3, -0.25) is 9.59 Å². The zero-order valence-electron chi connectivity index (χ0n) is 11.4. The number of carbonyl (C=O) groups is 2. The first-order chi connectivity index (χ1) is 9.69. The molecule has 0 bridgehead atoms. The second-order valence-corrected chi connectivity index (χ2v) is 6.64. The first kappa shape index (κ1) is 15.3. The molecule has 1 fully saturated rings. The van der Waals surface area contributed by atoms with Crippen molar-refractivity contribution in [1.29, 1.82) is 0 Å². The highest BCUT2D eigenvalue weighted by atomic mass is 32.2. The van der Waals surface area contributed by atoms with Crippen LogP contribution in [0.3, 0.4) is 0 Å². The van der Waals surface area contributed by atoms with E-state index >= 15 is 0 Å². The van der Waals surface area contributed by atoms with Gasteiger partial charge in [0.1, 0.15) is 0 Å². The molecular weight excluding hydrogens is 296 g/mol. The second kappa shape index (κ2) is 7.64. The highest BCUT2D eigenvalue weighted by Gasteiger charge is 2.22. The summed E-state index contributed by atoms with van der Waals surface area (Å²) in [6, 6.07) is 0. The number of esters is 1. The maximum absolute atomic E-state index is 12.0. The van der Waals surface area contributed by atoms with Crippen molar-refractivity contribution in [3.63, 3.8) is 0 Å². The van der Waals surface area contributed by atoms with Gasteiger partial charge >= 0.3 is 5.97 Å². The average molecular weight is 314 g/mol. The molecular formula is C13H18N2O3S2. The summed E-state index contributed by atoms with van der Waals surface area (Å²) < 4.78 is 4.87. The van der Waals surface area contributed by atoms with Gasteiger partial charge in [0.05, 0.1) is 24.0 Å². The summed E-state index contributed by atoms with van der Waals surface area (Å²) in [4.78, 5) is 27.6. The van der Waals surface area contributed by atoms with Crippen LogP contribution in [0.1, 0.15) is 31.9 Å². The monoisotopic (exact) mass is 314 g/mol. The van der Waals surface area contributed by atoms with Crippen molar-refractivity contribution >= 4 is 40.1 Å². The van der Waals surface area contributed by atoms with Crippen LogP contribution in [0.2, 0.25) is 0 Å². The molecule has 0 radical (unpaired) electrons. The van der Waals surface area contributed by atoms with E-state index in [1.54, 1.807) is 24.1 Å². The van der Waals surface area contributed by atoms with Gasteiger partial charge in [-0.15, -0.1) is 23.1 Å². The standard InChI is InChI=1S/C13H18N2O3S2/c1-2-18-11(16)7-9-8-20-13(14-9)15-12(17)10-5-3-4-6-19-10/h8,10H,2-7H2,1H3,(H,14,15,17). The Morgan fingerprint density at radius 1 is 1.50 bits per heavy atom. The lowest BCUT2D eigenvalue weighted by Gasteiger charge is -2.19. The van der Waals surface area contributed by atoms with Gasteiger partial charge in [-0.1, -0.05) is 6.42 Å². The van der Waals surface area contributed by atoms with Crippen molar-refractivity contribution < 1.29 is 14.3 Å². The van der Waals surface area contributed by atoms with Crippen molar-refractivity contribution in [2.45, 2.75) is 37.9 Å². The number of aromatic nitrogens is 1. The largest absolute Gasteiger partial charge is 0.466 e. The van der Waals surface area contributed by atoms with Crippen LogP contribution in [0.5, 0.6) is 0 Å². The molecule has 1 atom stereocenters. The number of hydrogen-bond donors (Lipinski definition) is 1. The molecule has 7 heteroatoms. The topological polar surface area (TPSA) is 68.3 Å². The first-order valence-corrected chi connectivity index (χ1v) is 8.64. The molecule has 1 aliphatic heterocycles. The van der Waals surface area contributed by atoms with E-state index in [2.05, 4.69) is 10.3 Å². The number of thioether (sulfide) groups is 1. The third kappa shape index (κ3) is 4.49. The summed E-state index contributed by atoms with van der Waals surface area (Å²) in [5.74, 6) is 0.773. The Kier molecular flexibility index (Phi) is 5.85. The van der Waals surface area contributed by atoms with Crippen LogP contribution < -0.4 is 5.32 Å². The lowest BCUT2D eigenvalue weighted by Crippen LogP contribution is -2.27. The minimum Gasteiger partial charge on any atom is -0.466 e. The molecule has 2 rings (SSSR count). The average Bonchev–Trinajstić information content (AvgIpc) is 2.87. The summed E-state index contributed by atoms with van der Waals surface area (Å²) >= 11 is 3.05. The number of amides is 1. The van der Waals surface area contributed by atoms with Gasteiger partial charge in [0.25, 0.3) is 0 Å². The third-order valence-corrected chi connectivity index (χ3v) is 5.07. The van der Waals surface area contributed by atoms with Gasteiger partial charge in [-0.2, -0.15) is 0 Å². The molecule has 0 saturated carbocycles. The second-order valence-electron chi connectivity index (χ2n) is 4.47. The molecule has 0 aliphatic carbocycles. The number of nitrogens with one attached hydrogen (secondary N) is 1. The summed E-state index contributed by atoms with van der Waals surface area (Å²) in [6.45, 7) is 2.14. The van der Waals surface area contributed by atoms with E-state index < -0.39 is 0 Å². The molecule has 1 aromatic rings. The summed E-state index contributed by atoms with van der Waals surface area (Å²) in [6.07, 6.45) is 3.38. The number of carbonyl (C=O) groups excluding carboxylic acids is 2. The van der Waals surface area contributed by atoms with Crippen molar-refractivity contribution in [3.8, 4) is 0 Å². The Morgan fingerprint density at radius 2 is 2.35 bits per heavy atom. The predicted molar refractivity (Wildman–Crippen MR) is 81.2 cm³/mol. The summed E-state index contributed by atoms with van der Waals surface area (Å²) in [7, 11) is 0. The number of thiazole rings is 1. The minimum absolute atomic E-state index is 0.0201. The quantitative estimate of drug-likeness (QED) is 0.846. The maximum Gasteiger partial charge on any atom is 0.311 e. The lowest BCUT2D eigenvalue weighted by molar-refractivity contribution is -0.142. The summed E-state index contributed by atoms with van der Waals surface area (Å²) in [5.41, 5.74) is 0.639. The van der Waals surface area contributed by atoms with Gasteiger partial charge in [-0.05, 0) is 25.5 Å². The molecule has 1 unspecified atom stereocenters. The highest BCUT2D eigenvalue weighted by Crippen LogP contribution is 2.26. The molecule has 0 aromatic carbocycles. The van der Waals surface area contributed by atoms with E-state index in [-0.39, 0.29) is 23.5 Å².